The molecular weight excluding hydrogens is 979 g/mol. The van der Waals surface area contributed by atoms with Gasteiger partial charge in [0, 0.05) is 97.7 Å². The van der Waals surface area contributed by atoms with Gasteiger partial charge in [-0.2, -0.15) is 4.98 Å². The number of oxazole rings is 1. The van der Waals surface area contributed by atoms with E-state index in [2.05, 4.69) is 77.5 Å². The van der Waals surface area contributed by atoms with Crippen molar-refractivity contribution < 1.29 is 27.7 Å². The maximum atomic E-state index is 14.8. The highest BCUT2D eigenvalue weighted by atomic mass is 79.9. The first-order valence-electron chi connectivity index (χ1n) is 24.3. The van der Waals surface area contributed by atoms with Crippen molar-refractivity contribution >= 4 is 91.0 Å². The van der Waals surface area contributed by atoms with Gasteiger partial charge in [-0.25, -0.2) is 14.2 Å². The quantitative estimate of drug-likeness (QED) is 0.0479. The number of methoxy groups -OCH3 is 1. The lowest BCUT2D eigenvalue weighted by atomic mass is 9.99. The van der Waals surface area contributed by atoms with Crippen molar-refractivity contribution in [3.63, 3.8) is 0 Å². The summed E-state index contributed by atoms with van der Waals surface area (Å²) in [6.07, 6.45) is 7.98. The molecule has 16 nitrogen and oxygen atoms in total. The Kier molecular flexibility index (Phi) is 14.8. The lowest BCUT2D eigenvalue weighted by Gasteiger charge is -2.43. The summed E-state index contributed by atoms with van der Waals surface area (Å²) >= 11 is 3.63. The van der Waals surface area contributed by atoms with Crippen molar-refractivity contribution in [2.24, 2.45) is 0 Å². The molecule has 0 aliphatic carbocycles. The average molecular weight is 1040 g/mol. The minimum atomic E-state index is -2.75. The van der Waals surface area contributed by atoms with Crippen molar-refractivity contribution in [1.29, 1.82) is 0 Å². The summed E-state index contributed by atoms with van der Waals surface area (Å²) in [6.45, 7) is 14.6. The van der Waals surface area contributed by atoms with Gasteiger partial charge >= 0.3 is 5.76 Å². The fourth-order valence-corrected chi connectivity index (χ4v) is 12.1. The largest absolute Gasteiger partial charge is 0.494 e. The molecule has 6 aromatic rings. The lowest BCUT2D eigenvalue weighted by Crippen LogP contribution is -2.53. The molecule has 3 aliphatic rings. The number of piperidine rings is 2. The molecule has 70 heavy (non-hydrogen) atoms. The van der Waals surface area contributed by atoms with E-state index in [4.69, 9.17) is 19.1 Å². The molecule has 1 atom stereocenters. The van der Waals surface area contributed by atoms with Gasteiger partial charge in [-0.1, -0.05) is 19.9 Å². The molecule has 3 saturated heterocycles. The normalized spacial score (nSPS) is 17.6. The maximum Gasteiger partial charge on any atom is 0.420 e. The number of fused-ring (bicyclic) bond motifs is 2. The minimum absolute atomic E-state index is 0.100. The van der Waals surface area contributed by atoms with Gasteiger partial charge in [-0.15, -0.1) is 0 Å². The minimum Gasteiger partial charge on any atom is -0.494 e. The number of nitrogens with zero attached hydrogens (tertiary/aromatic N) is 7. The topological polar surface area (TPSA) is 180 Å². The van der Waals surface area contributed by atoms with Crippen molar-refractivity contribution in [2.75, 3.05) is 81.8 Å². The number of halogens is 2. The monoisotopic (exact) mass is 1040 g/mol. The zero-order valence-electron chi connectivity index (χ0n) is 40.4. The van der Waals surface area contributed by atoms with Gasteiger partial charge < -0.3 is 34.2 Å². The number of imide groups is 1. The SMILES string of the molecule is CCc1ccc2c(P(C)(C)=O)c(Nc3nc(Nc4cc(CC)c(N5CCC(N6CCN(CCCCc7cc(F)cc8c7oc(=O)n8C7CCC(=O)NC7=O)CC6)CC5)cc4OC)ncc3Br)ccc2n1. The first-order chi connectivity index (χ1) is 33.7. The number of aromatic nitrogens is 4. The molecule has 0 bridgehead atoms. The number of aryl methyl sites for hydroxylation is 3. The number of pyridine rings is 1. The molecule has 1 unspecified atom stereocenters. The van der Waals surface area contributed by atoms with Gasteiger partial charge in [0.25, 0.3) is 0 Å². The highest BCUT2D eigenvalue weighted by Gasteiger charge is 2.33. The maximum absolute atomic E-state index is 14.8. The van der Waals surface area contributed by atoms with E-state index in [9.17, 15) is 23.3 Å². The third-order valence-electron chi connectivity index (χ3n) is 14.0. The van der Waals surface area contributed by atoms with E-state index in [1.54, 1.807) is 26.6 Å². The van der Waals surface area contributed by atoms with Crippen molar-refractivity contribution in [1.82, 2.24) is 34.6 Å². The van der Waals surface area contributed by atoms with Crippen molar-refractivity contribution in [3.8, 4) is 5.75 Å². The van der Waals surface area contributed by atoms with E-state index in [0.29, 0.717) is 51.3 Å². The summed E-state index contributed by atoms with van der Waals surface area (Å²) in [5.41, 5.74) is 6.79. The first kappa shape index (κ1) is 49.3. The molecule has 0 saturated carbocycles. The average Bonchev–Trinajstić information content (AvgIpc) is 3.68. The van der Waals surface area contributed by atoms with Crippen molar-refractivity contribution in [2.45, 2.75) is 83.7 Å². The lowest BCUT2D eigenvalue weighted by molar-refractivity contribution is -0.135. The number of benzene rings is 3. The van der Waals surface area contributed by atoms with Crippen LogP contribution in [0.3, 0.4) is 0 Å². The zero-order chi connectivity index (χ0) is 49.3. The number of amides is 2. The molecule has 370 valence electrons. The van der Waals surface area contributed by atoms with Crippen molar-refractivity contribution in [3.05, 3.63) is 92.4 Å². The van der Waals surface area contributed by atoms with Crippen LogP contribution in [0, 0.1) is 5.82 Å². The molecule has 9 rings (SSSR count). The highest BCUT2D eigenvalue weighted by Crippen LogP contribution is 2.42. The highest BCUT2D eigenvalue weighted by molar-refractivity contribution is 9.10. The first-order valence-corrected chi connectivity index (χ1v) is 27.7. The Balaban J connectivity index is 0.782. The molecule has 3 aliphatic heterocycles. The second-order valence-corrected chi connectivity index (χ2v) is 22.9. The smallest absolute Gasteiger partial charge is 0.420 e. The van der Waals surface area contributed by atoms with E-state index in [-0.39, 0.29) is 24.3 Å². The van der Waals surface area contributed by atoms with E-state index in [1.807, 2.05) is 24.3 Å². The van der Waals surface area contributed by atoms with Crippen LogP contribution in [0.2, 0.25) is 0 Å². The summed E-state index contributed by atoms with van der Waals surface area (Å²) in [5.74, 6) is -0.584. The Labute approximate surface area is 415 Å². The summed E-state index contributed by atoms with van der Waals surface area (Å²) in [5, 5.41) is 10.7. The van der Waals surface area contributed by atoms with Crippen LogP contribution < -0.4 is 36.6 Å². The van der Waals surface area contributed by atoms with Gasteiger partial charge in [-0.05, 0) is 123 Å². The van der Waals surface area contributed by atoms with Crippen LogP contribution in [0.1, 0.15) is 75.2 Å². The molecule has 3 fully saturated rings. The number of anilines is 5. The molecule has 3 N–H and O–H groups in total. The molecule has 3 aromatic heterocycles. The second-order valence-electron chi connectivity index (χ2n) is 18.9. The van der Waals surface area contributed by atoms with Gasteiger partial charge in [0.05, 0.1) is 34.0 Å². The summed E-state index contributed by atoms with van der Waals surface area (Å²) in [4.78, 5) is 59.0. The number of rotatable bonds is 16. The number of carbonyl (C=O) groups excluding carboxylic acids is 2. The fourth-order valence-electron chi connectivity index (χ4n) is 10.4. The predicted octanol–water partition coefficient (Wildman–Crippen LogP) is 8.29. The standard InChI is InChI=1S/C51H61BrFN10O6P/c1-6-31-27-40(57-50-54-30-37(52)48(59-50)56-39-14-13-38-36(47(39)70(4,5)67)12-11-34(7-2)55-38)44(68-3)29-42(31)62-20-17-35(18-21-62)61-24-22-60(23-25-61)19-9-8-10-32-26-33(53)28-43-46(32)69-51(66)63(43)41-15-16-45(64)58-49(41)65/h11-14,26-30,35,41H,6-10,15-25H2,1-5H3,(H,58,64,65)(H2,54,56,57,59). The van der Waals surface area contributed by atoms with E-state index >= 15 is 0 Å². The third kappa shape index (κ3) is 10.5. The molecule has 6 heterocycles. The number of carbonyl (C=O) groups is 2. The number of ether oxygens (including phenoxy) is 1. The van der Waals surface area contributed by atoms with Crippen LogP contribution in [0.4, 0.5) is 33.2 Å². The molecule has 2 amide bonds. The number of hydrogen-bond donors (Lipinski definition) is 3. The predicted molar refractivity (Wildman–Crippen MR) is 277 cm³/mol. The fraction of sp³-hybridized carbons (Fsp3) is 0.451. The molecule has 19 heteroatoms. The Hall–Kier alpha value is -5.68. The van der Waals surface area contributed by atoms with Gasteiger partial charge in [0.15, 0.2) is 5.58 Å². The Morgan fingerprint density at radius 3 is 2.40 bits per heavy atom. The molecule has 0 radical (unpaired) electrons. The van der Waals surface area contributed by atoms with Gasteiger partial charge in [0.1, 0.15) is 30.6 Å². The number of nitrogens with one attached hydrogen (secondary N) is 3. The van der Waals surface area contributed by atoms with Crippen LogP contribution in [0.25, 0.3) is 22.0 Å². The van der Waals surface area contributed by atoms with Gasteiger partial charge in [0.2, 0.25) is 17.8 Å². The van der Waals surface area contributed by atoms with E-state index in [0.717, 1.165) is 112 Å². The third-order valence-corrected chi connectivity index (χ3v) is 16.1. The second kappa shape index (κ2) is 21.0. The van der Waals surface area contributed by atoms with Gasteiger partial charge in [-0.3, -0.25) is 29.4 Å². The molecule has 3 aromatic carbocycles. The number of unbranched alkanes of at least 4 members (excludes halogenated alkanes) is 1. The molecular formula is C51H61BrFN10O6P. The Morgan fingerprint density at radius 2 is 1.69 bits per heavy atom. The summed E-state index contributed by atoms with van der Waals surface area (Å²) < 4.78 is 42.0. The van der Waals surface area contributed by atoms with Crippen LogP contribution in [0.5, 0.6) is 5.75 Å². The Bertz CT molecular complexity index is 3050. The van der Waals surface area contributed by atoms with E-state index in [1.165, 1.54) is 28.0 Å². The molecule has 0 spiro atoms. The summed E-state index contributed by atoms with van der Waals surface area (Å²) in [6, 6.07) is 14.4. The van der Waals surface area contributed by atoms with Crippen LogP contribution in [-0.2, 0) is 33.4 Å². The van der Waals surface area contributed by atoms with Crippen LogP contribution >= 0.6 is 23.1 Å². The van der Waals surface area contributed by atoms with Crippen LogP contribution in [0.15, 0.2) is 68.4 Å². The number of hydrogen-bond acceptors (Lipinski definition) is 14. The Morgan fingerprint density at radius 1 is 0.900 bits per heavy atom. The summed E-state index contributed by atoms with van der Waals surface area (Å²) in [7, 11) is -1.07. The number of piperazine rings is 1. The van der Waals surface area contributed by atoms with Crippen LogP contribution in [-0.4, -0.2) is 113 Å². The zero-order valence-corrected chi connectivity index (χ0v) is 42.9. The van der Waals surface area contributed by atoms with E-state index < -0.39 is 30.7 Å².